The molecule has 0 spiro atoms. The second kappa shape index (κ2) is 9.63. The maximum atomic E-state index is 12.7. The standard InChI is InChI=1S/C24H21N3O3S/c1-31-23-21(13-25)20(12-22(27-23)17-7-8-17)24(28)30-14-16-5-9-19(10-6-16)29-15-18-4-2-3-11-26-18/h2-6,9-12,17H,7-8,14-15H2,1H3. The molecule has 156 valence electrons. The van der Waals surface area contributed by atoms with Crippen LogP contribution in [-0.2, 0) is 18.0 Å². The fraction of sp³-hybridized carbons (Fsp3) is 0.250. The summed E-state index contributed by atoms with van der Waals surface area (Å²) in [6.45, 7) is 0.495. The number of nitriles is 1. The quantitative estimate of drug-likeness (QED) is 0.371. The van der Waals surface area contributed by atoms with Crippen molar-refractivity contribution < 1.29 is 14.3 Å². The lowest BCUT2D eigenvalue weighted by Crippen LogP contribution is -2.10. The number of nitrogens with zero attached hydrogens (tertiary/aromatic N) is 3. The van der Waals surface area contributed by atoms with Gasteiger partial charge in [-0.3, -0.25) is 4.98 Å². The van der Waals surface area contributed by atoms with E-state index in [0.717, 1.165) is 29.8 Å². The first kappa shape index (κ1) is 20.9. The van der Waals surface area contributed by atoms with Crippen LogP contribution in [0.4, 0.5) is 0 Å². The molecule has 0 radical (unpaired) electrons. The Kier molecular flexibility index (Phi) is 6.48. The molecule has 4 rings (SSSR count). The summed E-state index contributed by atoms with van der Waals surface area (Å²) in [5.74, 6) is 0.579. The van der Waals surface area contributed by atoms with Crippen molar-refractivity contribution in [3.05, 3.63) is 82.8 Å². The summed E-state index contributed by atoms with van der Waals surface area (Å²) in [4.78, 5) is 21.5. The smallest absolute Gasteiger partial charge is 0.339 e. The molecular formula is C24H21N3O3S. The molecule has 0 amide bonds. The van der Waals surface area contributed by atoms with Crippen LogP contribution in [0.25, 0.3) is 0 Å². The molecule has 7 heteroatoms. The van der Waals surface area contributed by atoms with Gasteiger partial charge in [-0.15, -0.1) is 11.8 Å². The lowest BCUT2D eigenvalue weighted by atomic mass is 10.1. The average molecular weight is 432 g/mol. The van der Waals surface area contributed by atoms with E-state index in [1.165, 1.54) is 11.8 Å². The number of carbonyl (C=O) groups excluding carboxylic acids is 1. The number of hydrogen-bond acceptors (Lipinski definition) is 7. The van der Waals surface area contributed by atoms with Crippen LogP contribution >= 0.6 is 11.8 Å². The zero-order chi connectivity index (χ0) is 21.6. The predicted octanol–water partition coefficient (Wildman–Crippen LogP) is 4.88. The number of ether oxygens (including phenoxy) is 2. The Hall–Kier alpha value is -3.37. The summed E-state index contributed by atoms with van der Waals surface area (Å²) in [6.07, 6.45) is 5.71. The van der Waals surface area contributed by atoms with E-state index in [0.29, 0.717) is 28.9 Å². The van der Waals surface area contributed by atoms with Crippen LogP contribution in [0.1, 0.15) is 51.6 Å². The summed E-state index contributed by atoms with van der Waals surface area (Å²) >= 11 is 1.37. The third kappa shape index (κ3) is 5.22. The normalized spacial score (nSPS) is 12.8. The zero-order valence-corrected chi connectivity index (χ0v) is 17.9. The molecule has 0 bridgehead atoms. The highest BCUT2D eigenvalue weighted by molar-refractivity contribution is 7.98. The second-order valence-electron chi connectivity index (χ2n) is 7.19. The molecule has 1 aliphatic carbocycles. The molecule has 1 aromatic carbocycles. The highest BCUT2D eigenvalue weighted by Gasteiger charge is 2.29. The Morgan fingerprint density at radius 3 is 2.65 bits per heavy atom. The van der Waals surface area contributed by atoms with Crippen LogP contribution in [0.2, 0.25) is 0 Å². The number of benzene rings is 1. The van der Waals surface area contributed by atoms with Gasteiger partial charge in [-0.1, -0.05) is 18.2 Å². The summed E-state index contributed by atoms with van der Waals surface area (Å²) in [6, 6.07) is 16.9. The van der Waals surface area contributed by atoms with E-state index in [9.17, 15) is 10.1 Å². The summed E-state index contributed by atoms with van der Waals surface area (Å²) < 4.78 is 11.2. The van der Waals surface area contributed by atoms with E-state index in [2.05, 4.69) is 16.0 Å². The van der Waals surface area contributed by atoms with Crippen LogP contribution in [-0.4, -0.2) is 22.2 Å². The lowest BCUT2D eigenvalue weighted by Gasteiger charge is -2.11. The van der Waals surface area contributed by atoms with Gasteiger partial charge in [-0.25, -0.2) is 9.78 Å². The molecule has 0 N–H and O–H groups in total. The molecule has 0 aliphatic heterocycles. The van der Waals surface area contributed by atoms with Gasteiger partial charge in [0.05, 0.1) is 16.8 Å². The molecule has 31 heavy (non-hydrogen) atoms. The van der Waals surface area contributed by atoms with Gasteiger partial charge in [-0.2, -0.15) is 5.26 Å². The third-order valence-corrected chi connectivity index (χ3v) is 5.62. The largest absolute Gasteiger partial charge is 0.487 e. The number of thioether (sulfide) groups is 1. The maximum Gasteiger partial charge on any atom is 0.339 e. The first-order valence-corrected chi connectivity index (χ1v) is 11.2. The van der Waals surface area contributed by atoms with Gasteiger partial charge < -0.3 is 9.47 Å². The number of carbonyl (C=O) groups is 1. The van der Waals surface area contributed by atoms with Gasteiger partial charge in [0.15, 0.2) is 0 Å². The average Bonchev–Trinajstić information content (AvgIpc) is 3.67. The summed E-state index contributed by atoms with van der Waals surface area (Å²) in [7, 11) is 0. The van der Waals surface area contributed by atoms with Crippen molar-refractivity contribution >= 4 is 17.7 Å². The monoisotopic (exact) mass is 431 g/mol. The molecule has 0 unspecified atom stereocenters. The molecule has 1 fully saturated rings. The number of aromatic nitrogens is 2. The van der Waals surface area contributed by atoms with Gasteiger partial charge in [0.2, 0.25) is 0 Å². The fourth-order valence-corrected chi connectivity index (χ4v) is 3.65. The maximum absolute atomic E-state index is 12.7. The SMILES string of the molecule is CSc1nc(C2CC2)cc(C(=O)OCc2ccc(OCc3ccccn3)cc2)c1C#N. The number of esters is 1. The molecule has 2 aromatic heterocycles. The van der Waals surface area contributed by atoms with Gasteiger partial charge in [0.1, 0.15) is 30.1 Å². The van der Waals surface area contributed by atoms with Crippen molar-refractivity contribution in [2.45, 2.75) is 37.0 Å². The van der Waals surface area contributed by atoms with E-state index < -0.39 is 5.97 Å². The minimum absolute atomic E-state index is 0.111. The number of rotatable bonds is 8. The molecule has 1 aliphatic rings. The Morgan fingerprint density at radius 1 is 1.19 bits per heavy atom. The van der Waals surface area contributed by atoms with Crippen molar-refractivity contribution in [1.82, 2.24) is 9.97 Å². The second-order valence-corrected chi connectivity index (χ2v) is 7.99. The van der Waals surface area contributed by atoms with Gasteiger partial charge in [-0.05, 0) is 55.0 Å². The third-order valence-electron chi connectivity index (χ3n) is 4.93. The molecule has 3 aromatic rings. The molecule has 6 nitrogen and oxygen atoms in total. The Balaban J connectivity index is 1.39. The summed E-state index contributed by atoms with van der Waals surface area (Å²) in [5.41, 5.74) is 3.11. The van der Waals surface area contributed by atoms with Crippen LogP contribution in [0.15, 0.2) is 59.8 Å². The van der Waals surface area contributed by atoms with E-state index >= 15 is 0 Å². The molecule has 2 heterocycles. The molecule has 0 saturated heterocycles. The van der Waals surface area contributed by atoms with Gasteiger partial charge in [0, 0.05) is 17.8 Å². The predicted molar refractivity (Wildman–Crippen MR) is 117 cm³/mol. The lowest BCUT2D eigenvalue weighted by molar-refractivity contribution is 0.0471. The van der Waals surface area contributed by atoms with E-state index in [1.807, 2.05) is 48.7 Å². The topological polar surface area (TPSA) is 85.1 Å². The van der Waals surface area contributed by atoms with Crippen molar-refractivity contribution in [2.75, 3.05) is 6.26 Å². The Bertz CT molecular complexity index is 1110. The van der Waals surface area contributed by atoms with Crippen LogP contribution in [0.3, 0.4) is 0 Å². The minimum atomic E-state index is -0.508. The first-order valence-electron chi connectivity index (χ1n) is 9.95. The van der Waals surface area contributed by atoms with Gasteiger partial charge in [0.25, 0.3) is 0 Å². The van der Waals surface area contributed by atoms with E-state index in [-0.39, 0.29) is 12.2 Å². The van der Waals surface area contributed by atoms with Crippen molar-refractivity contribution in [1.29, 1.82) is 5.26 Å². The Morgan fingerprint density at radius 2 is 2.00 bits per heavy atom. The minimum Gasteiger partial charge on any atom is -0.487 e. The highest BCUT2D eigenvalue weighted by Crippen LogP contribution is 2.40. The van der Waals surface area contributed by atoms with Crippen molar-refractivity contribution in [3.8, 4) is 11.8 Å². The molecular weight excluding hydrogens is 410 g/mol. The van der Waals surface area contributed by atoms with Crippen LogP contribution in [0, 0.1) is 11.3 Å². The molecule has 1 saturated carbocycles. The van der Waals surface area contributed by atoms with Crippen molar-refractivity contribution in [3.63, 3.8) is 0 Å². The zero-order valence-electron chi connectivity index (χ0n) is 17.1. The highest BCUT2D eigenvalue weighted by atomic mass is 32.2. The first-order chi connectivity index (χ1) is 15.2. The molecule has 0 atom stereocenters. The van der Waals surface area contributed by atoms with Gasteiger partial charge >= 0.3 is 5.97 Å². The van der Waals surface area contributed by atoms with Crippen LogP contribution < -0.4 is 4.74 Å². The number of hydrogen-bond donors (Lipinski definition) is 0. The number of pyridine rings is 2. The van der Waals surface area contributed by atoms with Crippen molar-refractivity contribution in [2.24, 2.45) is 0 Å². The Labute approximate surface area is 185 Å². The summed E-state index contributed by atoms with van der Waals surface area (Å²) in [5, 5.41) is 10.1. The van der Waals surface area contributed by atoms with E-state index in [1.54, 1.807) is 12.3 Å². The van der Waals surface area contributed by atoms with E-state index in [4.69, 9.17) is 9.47 Å². The fourth-order valence-electron chi connectivity index (χ4n) is 3.09. The van der Waals surface area contributed by atoms with Crippen LogP contribution in [0.5, 0.6) is 5.75 Å².